The van der Waals surface area contributed by atoms with Crippen LogP contribution >= 0.6 is 11.3 Å². The maximum atomic E-state index is 14.9. The number of hydrogen-bond acceptors (Lipinski definition) is 5. The fraction of sp³-hybridized carbons (Fsp3) is 0.484. The minimum Gasteiger partial charge on any atom is -0.368 e. The van der Waals surface area contributed by atoms with Gasteiger partial charge in [0.15, 0.2) is 0 Å². The molecule has 3 heterocycles. The van der Waals surface area contributed by atoms with Gasteiger partial charge >= 0.3 is 0 Å². The molecule has 0 radical (unpaired) electrons. The molecule has 0 aliphatic carbocycles. The van der Waals surface area contributed by atoms with E-state index in [1.807, 2.05) is 51.1 Å². The van der Waals surface area contributed by atoms with Crippen LogP contribution in [0.3, 0.4) is 0 Å². The smallest absolute Gasteiger partial charge is 0.252 e. The average molecular weight is 572 g/mol. The van der Waals surface area contributed by atoms with Gasteiger partial charge in [-0.25, -0.2) is 18.2 Å². The van der Waals surface area contributed by atoms with Crippen LogP contribution in [0.25, 0.3) is 10.6 Å². The third-order valence-corrected chi connectivity index (χ3v) is 8.77. The van der Waals surface area contributed by atoms with Gasteiger partial charge in [-0.3, -0.25) is 4.79 Å². The van der Waals surface area contributed by atoms with Crippen molar-refractivity contribution in [2.24, 2.45) is 11.3 Å². The summed E-state index contributed by atoms with van der Waals surface area (Å²) in [5.74, 6) is -1.66. The van der Waals surface area contributed by atoms with E-state index in [4.69, 9.17) is 9.72 Å². The number of thiazole rings is 1. The summed E-state index contributed by atoms with van der Waals surface area (Å²) in [7, 11) is 0. The molecule has 40 heavy (non-hydrogen) atoms. The highest BCUT2D eigenvalue weighted by Gasteiger charge is 2.43. The summed E-state index contributed by atoms with van der Waals surface area (Å²) < 4.78 is 49.8. The number of benzene rings is 2. The van der Waals surface area contributed by atoms with E-state index in [1.54, 1.807) is 4.90 Å². The van der Waals surface area contributed by atoms with E-state index < -0.39 is 35.4 Å². The van der Waals surface area contributed by atoms with E-state index in [0.29, 0.717) is 36.7 Å². The van der Waals surface area contributed by atoms with Gasteiger partial charge in [-0.1, -0.05) is 51.1 Å². The number of hydrogen-bond donors (Lipinski definition) is 1. The monoisotopic (exact) mass is 571 g/mol. The first kappa shape index (κ1) is 28.8. The SMILES string of the molecule is CC(C)(C)[C@H](c1nc(-c2cc(F)ccc2F)sc1Cc1ccccc1)N(C[C@@H]1CNC[C@@H]1F)C(=O)C1CCCO1. The summed E-state index contributed by atoms with van der Waals surface area (Å²) in [6, 6.07) is 12.6. The Bertz CT molecular complexity index is 1320. The molecule has 1 unspecified atom stereocenters. The Morgan fingerprint density at radius 2 is 1.95 bits per heavy atom. The summed E-state index contributed by atoms with van der Waals surface area (Å²) in [5, 5.41) is 3.45. The van der Waals surface area contributed by atoms with Gasteiger partial charge in [0.1, 0.15) is 28.9 Å². The number of rotatable bonds is 8. The summed E-state index contributed by atoms with van der Waals surface area (Å²) in [4.78, 5) is 21.6. The van der Waals surface area contributed by atoms with Crippen molar-refractivity contribution < 1.29 is 22.7 Å². The quantitative estimate of drug-likeness (QED) is 0.343. The van der Waals surface area contributed by atoms with Crippen molar-refractivity contribution in [1.29, 1.82) is 0 Å². The molecular formula is C31H36F3N3O2S. The summed E-state index contributed by atoms with van der Waals surface area (Å²) >= 11 is 1.31. The maximum Gasteiger partial charge on any atom is 0.252 e. The Hall–Kier alpha value is -2.75. The second kappa shape index (κ2) is 12.0. The molecule has 1 aromatic heterocycles. The van der Waals surface area contributed by atoms with Crippen LogP contribution in [0.2, 0.25) is 0 Å². The zero-order valence-corrected chi connectivity index (χ0v) is 23.9. The van der Waals surface area contributed by atoms with Crippen LogP contribution in [-0.2, 0) is 16.0 Å². The Balaban J connectivity index is 1.64. The molecule has 214 valence electrons. The van der Waals surface area contributed by atoms with Gasteiger partial charge in [0.25, 0.3) is 5.91 Å². The fourth-order valence-electron chi connectivity index (χ4n) is 5.70. The topological polar surface area (TPSA) is 54.5 Å². The number of ether oxygens (including phenoxy) is 1. The lowest BCUT2D eigenvalue weighted by molar-refractivity contribution is -0.147. The van der Waals surface area contributed by atoms with Crippen molar-refractivity contribution >= 4 is 17.2 Å². The second-order valence-corrected chi connectivity index (χ2v) is 12.9. The number of aromatic nitrogens is 1. The average Bonchev–Trinajstić information content (AvgIpc) is 3.67. The van der Waals surface area contributed by atoms with Crippen LogP contribution in [0, 0.1) is 23.0 Å². The summed E-state index contributed by atoms with van der Waals surface area (Å²) in [6.07, 6.45) is 0.253. The molecule has 2 saturated heterocycles. The van der Waals surface area contributed by atoms with Crippen molar-refractivity contribution in [3.8, 4) is 10.6 Å². The van der Waals surface area contributed by atoms with Crippen molar-refractivity contribution in [1.82, 2.24) is 15.2 Å². The van der Waals surface area contributed by atoms with Crippen LogP contribution in [0.15, 0.2) is 48.5 Å². The number of nitrogens with one attached hydrogen (secondary N) is 1. The normalized spacial score (nSPS) is 22.0. The minimum atomic E-state index is -1.07. The molecule has 1 amide bonds. The molecule has 2 aromatic carbocycles. The van der Waals surface area contributed by atoms with Gasteiger partial charge in [-0.05, 0) is 42.0 Å². The van der Waals surface area contributed by atoms with Crippen molar-refractivity contribution in [3.05, 3.63) is 76.3 Å². The lowest BCUT2D eigenvalue weighted by Gasteiger charge is -2.42. The van der Waals surface area contributed by atoms with E-state index in [9.17, 15) is 18.0 Å². The second-order valence-electron chi connectivity index (χ2n) is 11.8. The molecule has 2 fully saturated rings. The molecule has 0 bridgehead atoms. The molecular weight excluding hydrogens is 535 g/mol. The Labute approximate surface area is 237 Å². The highest BCUT2D eigenvalue weighted by Crippen LogP contribution is 2.44. The molecule has 3 aromatic rings. The largest absolute Gasteiger partial charge is 0.368 e. The predicted octanol–water partition coefficient (Wildman–Crippen LogP) is 6.33. The molecule has 2 aliphatic rings. The van der Waals surface area contributed by atoms with Crippen LogP contribution in [-0.4, -0.2) is 54.3 Å². The fourth-order valence-corrected chi connectivity index (χ4v) is 6.84. The molecule has 5 nitrogen and oxygen atoms in total. The van der Waals surface area contributed by atoms with Gasteiger partial charge < -0.3 is 15.0 Å². The predicted molar refractivity (Wildman–Crippen MR) is 151 cm³/mol. The van der Waals surface area contributed by atoms with Gasteiger partial charge in [0.05, 0.1) is 11.7 Å². The van der Waals surface area contributed by atoms with Crippen molar-refractivity contribution in [3.63, 3.8) is 0 Å². The van der Waals surface area contributed by atoms with Crippen LogP contribution in [0.4, 0.5) is 13.2 Å². The Kier molecular flexibility index (Phi) is 8.63. The Morgan fingerprint density at radius 1 is 1.18 bits per heavy atom. The number of nitrogens with zero attached hydrogens (tertiary/aromatic N) is 2. The van der Waals surface area contributed by atoms with Gasteiger partial charge in [-0.2, -0.15) is 0 Å². The Morgan fingerprint density at radius 3 is 2.60 bits per heavy atom. The molecule has 9 heteroatoms. The first-order valence-corrected chi connectivity index (χ1v) is 14.7. The first-order valence-electron chi connectivity index (χ1n) is 13.9. The lowest BCUT2D eigenvalue weighted by atomic mass is 9.81. The van der Waals surface area contributed by atoms with Gasteiger partial charge in [-0.15, -0.1) is 11.3 Å². The molecule has 4 atom stereocenters. The number of halogens is 3. The first-order chi connectivity index (χ1) is 19.1. The number of carbonyl (C=O) groups excluding carboxylic acids is 1. The van der Waals surface area contributed by atoms with E-state index in [-0.39, 0.29) is 30.5 Å². The highest BCUT2D eigenvalue weighted by atomic mass is 32.1. The minimum absolute atomic E-state index is 0.0824. The number of alkyl halides is 1. The summed E-state index contributed by atoms with van der Waals surface area (Å²) in [6.45, 7) is 7.54. The summed E-state index contributed by atoms with van der Waals surface area (Å²) in [5.41, 5.74) is 1.24. The van der Waals surface area contributed by atoms with E-state index in [2.05, 4.69) is 5.32 Å². The third kappa shape index (κ3) is 6.26. The standard InChI is InChI=1S/C31H36F3N3O2S/c1-31(2,3)28(37(18-20-16-35-17-24(20)34)30(38)25-10-7-13-39-25)27-26(14-19-8-5-4-6-9-19)40-29(36-27)22-15-21(32)11-12-23(22)33/h4-6,8-9,11-12,15,20,24-25,28,35H,7,10,13-14,16-18H2,1-3H3/t20-,24-,25?,28-/m0/s1. The molecule has 2 aliphatic heterocycles. The lowest BCUT2D eigenvalue weighted by Crippen LogP contribution is -2.49. The maximum absolute atomic E-state index is 14.9. The zero-order valence-electron chi connectivity index (χ0n) is 23.1. The highest BCUT2D eigenvalue weighted by molar-refractivity contribution is 7.15. The van der Waals surface area contributed by atoms with Crippen LogP contribution < -0.4 is 5.32 Å². The zero-order chi connectivity index (χ0) is 28.4. The van der Waals surface area contributed by atoms with Gasteiger partial charge in [0, 0.05) is 49.0 Å². The van der Waals surface area contributed by atoms with Crippen molar-refractivity contribution in [2.45, 2.75) is 58.4 Å². The number of amides is 1. The van der Waals surface area contributed by atoms with Gasteiger partial charge in [0.2, 0.25) is 0 Å². The van der Waals surface area contributed by atoms with Crippen LogP contribution in [0.5, 0.6) is 0 Å². The molecule has 5 rings (SSSR count). The molecule has 1 N–H and O–H groups in total. The molecule has 0 spiro atoms. The van der Waals surface area contributed by atoms with Crippen LogP contribution in [0.1, 0.15) is 55.8 Å². The van der Waals surface area contributed by atoms with E-state index in [1.165, 1.54) is 11.3 Å². The third-order valence-electron chi connectivity index (χ3n) is 7.66. The number of carbonyl (C=O) groups is 1. The van der Waals surface area contributed by atoms with E-state index in [0.717, 1.165) is 35.1 Å². The molecule has 0 saturated carbocycles. The van der Waals surface area contributed by atoms with E-state index >= 15 is 0 Å². The van der Waals surface area contributed by atoms with Crippen molar-refractivity contribution in [2.75, 3.05) is 26.2 Å².